The first kappa shape index (κ1) is 15.8. The third kappa shape index (κ3) is 2.87. The summed E-state index contributed by atoms with van der Waals surface area (Å²) in [5, 5.41) is 11.0. The van der Waals surface area contributed by atoms with Crippen LogP contribution in [-0.4, -0.2) is 29.1 Å². The van der Waals surface area contributed by atoms with Crippen molar-refractivity contribution in [1.29, 1.82) is 0 Å². The van der Waals surface area contributed by atoms with Crippen LogP contribution < -0.4 is 4.74 Å². The molecule has 4 rings (SSSR count). The molecular weight excluding hydrogens is 322 g/mol. The van der Waals surface area contributed by atoms with Gasteiger partial charge in [0, 0.05) is 5.02 Å². The third-order valence-electron chi connectivity index (χ3n) is 5.17. The molecule has 1 saturated heterocycles. The Hall–Kier alpha value is -1.71. The van der Waals surface area contributed by atoms with E-state index in [0.717, 1.165) is 35.7 Å². The van der Waals surface area contributed by atoms with E-state index in [1.54, 1.807) is 6.07 Å². The molecule has 1 fully saturated rings. The van der Waals surface area contributed by atoms with Crippen molar-refractivity contribution in [3.8, 4) is 11.5 Å². The molecule has 3 nitrogen and oxygen atoms in total. The fraction of sp³-hybridized carbons (Fsp3) is 0.400. The zero-order valence-corrected chi connectivity index (χ0v) is 14.6. The number of hydrogen-bond acceptors (Lipinski definition) is 3. The summed E-state index contributed by atoms with van der Waals surface area (Å²) in [5.41, 5.74) is 3.47. The smallest absolute Gasteiger partial charge is 0.161 e. The molecule has 0 bridgehead atoms. The van der Waals surface area contributed by atoms with E-state index >= 15 is 0 Å². The number of nitrogens with zero attached hydrogens (tertiary/aromatic N) is 1. The molecular formula is C20H22ClNO2. The highest BCUT2D eigenvalue weighted by molar-refractivity contribution is 6.30. The van der Waals surface area contributed by atoms with E-state index in [0.29, 0.717) is 11.8 Å². The largest absolute Gasteiger partial charge is 0.504 e. The van der Waals surface area contributed by atoms with Crippen LogP contribution in [0, 0.1) is 6.92 Å². The molecule has 2 atom stereocenters. The molecule has 0 amide bonds. The number of fused-ring (bicyclic) bond motifs is 1. The number of phenols is 1. The Morgan fingerprint density at radius 3 is 2.67 bits per heavy atom. The molecule has 126 valence electrons. The first-order valence-electron chi connectivity index (χ1n) is 8.60. The standard InChI is InChI=1S/C20H22ClNO2/c1-13-4-7-19(18(23)10-13)24-20-16-12-15(21)6-5-14(16)11-17(20)22-8-2-3-9-22/h4-7,10,12,17,20,23H,2-3,8-9,11H2,1H3/t17?,20-/m0/s1. The van der Waals surface area contributed by atoms with Crippen LogP contribution in [0.2, 0.25) is 5.02 Å². The van der Waals surface area contributed by atoms with Crippen molar-refractivity contribution in [1.82, 2.24) is 4.90 Å². The summed E-state index contributed by atoms with van der Waals surface area (Å²) in [5.74, 6) is 0.744. The van der Waals surface area contributed by atoms with Gasteiger partial charge in [0.1, 0.15) is 6.10 Å². The number of aromatic hydroxyl groups is 1. The lowest BCUT2D eigenvalue weighted by Gasteiger charge is -2.30. The van der Waals surface area contributed by atoms with Crippen molar-refractivity contribution in [2.75, 3.05) is 13.1 Å². The van der Waals surface area contributed by atoms with Crippen LogP contribution in [0.1, 0.15) is 35.6 Å². The van der Waals surface area contributed by atoms with Gasteiger partial charge < -0.3 is 9.84 Å². The van der Waals surface area contributed by atoms with Crippen LogP contribution in [0.25, 0.3) is 0 Å². The van der Waals surface area contributed by atoms with Gasteiger partial charge >= 0.3 is 0 Å². The first-order valence-corrected chi connectivity index (χ1v) is 8.98. The normalized spacial score (nSPS) is 23.4. The fourth-order valence-corrected chi connectivity index (χ4v) is 4.14. The van der Waals surface area contributed by atoms with Crippen LogP contribution in [0.3, 0.4) is 0 Å². The van der Waals surface area contributed by atoms with E-state index in [2.05, 4.69) is 11.0 Å². The topological polar surface area (TPSA) is 32.7 Å². The lowest BCUT2D eigenvalue weighted by Crippen LogP contribution is -2.38. The van der Waals surface area contributed by atoms with Gasteiger partial charge in [0.25, 0.3) is 0 Å². The van der Waals surface area contributed by atoms with Crippen molar-refractivity contribution >= 4 is 11.6 Å². The average molecular weight is 344 g/mol. The van der Waals surface area contributed by atoms with Crippen molar-refractivity contribution in [3.05, 3.63) is 58.1 Å². The minimum absolute atomic E-state index is 0.0922. The number of benzene rings is 2. The van der Waals surface area contributed by atoms with E-state index in [1.807, 2.05) is 31.2 Å². The molecule has 0 saturated carbocycles. The van der Waals surface area contributed by atoms with Crippen molar-refractivity contribution in [2.45, 2.75) is 38.3 Å². The third-order valence-corrected chi connectivity index (χ3v) is 5.41. The molecule has 2 aromatic rings. The number of halogens is 1. The summed E-state index contributed by atoms with van der Waals surface area (Å²) in [6.07, 6.45) is 3.38. The number of phenolic OH excluding ortho intramolecular Hbond substituents is 1. The quantitative estimate of drug-likeness (QED) is 0.891. The summed E-state index contributed by atoms with van der Waals surface area (Å²) in [4.78, 5) is 2.52. The Labute approximate surface area is 147 Å². The summed E-state index contributed by atoms with van der Waals surface area (Å²) in [7, 11) is 0. The first-order chi connectivity index (χ1) is 11.6. The summed E-state index contributed by atoms with van der Waals surface area (Å²) < 4.78 is 6.32. The van der Waals surface area contributed by atoms with E-state index in [9.17, 15) is 5.11 Å². The highest BCUT2D eigenvalue weighted by Crippen LogP contribution is 2.42. The van der Waals surface area contributed by atoms with E-state index in [4.69, 9.17) is 16.3 Å². The Morgan fingerprint density at radius 1 is 1.12 bits per heavy atom. The number of likely N-dealkylation sites (tertiary alicyclic amines) is 1. The maximum absolute atomic E-state index is 10.2. The van der Waals surface area contributed by atoms with Gasteiger partial charge in [0.15, 0.2) is 11.5 Å². The van der Waals surface area contributed by atoms with Gasteiger partial charge in [-0.25, -0.2) is 0 Å². The van der Waals surface area contributed by atoms with E-state index in [1.165, 1.54) is 18.4 Å². The molecule has 0 radical (unpaired) electrons. The maximum Gasteiger partial charge on any atom is 0.161 e. The number of rotatable bonds is 3. The predicted molar refractivity (Wildman–Crippen MR) is 96.0 cm³/mol. The van der Waals surface area contributed by atoms with Gasteiger partial charge in [0.05, 0.1) is 6.04 Å². The van der Waals surface area contributed by atoms with Gasteiger partial charge in [-0.05, 0) is 80.2 Å². The molecule has 1 N–H and O–H groups in total. The molecule has 0 spiro atoms. The van der Waals surface area contributed by atoms with Crippen LogP contribution in [0.4, 0.5) is 0 Å². The lowest BCUT2D eigenvalue weighted by atomic mass is 10.1. The highest BCUT2D eigenvalue weighted by atomic mass is 35.5. The fourth-order valence-electron chi connectivity index (χ4n) is 3.96. The SMILES string of the molecule is Cc1ccc(O[C@H]2c3cc(Cl)ccc3CC2N2CCCC2)c(O)c1. The molecule has 2 aromatic carbocycles. The summed E-state index contributed by atoms with van der Waals surface area (Å²) >= 11 is 6.23. The van der Waals surface area contributed by atoms with Crippen LogP contribution in [-0.2, 0) is 6.42 Å². The van der Waals surface area contributed by atoms with Crippen LogP contribution in [0.5, 0.6) is 11.5 Å². The summed E-state index contributed by atoms with van der Waals surface area (Å²) in [6, 6.07) is 12.0. The highest BCUT2D eigenvalue weighted by Gasteiger charge is 2.39. The van der Waals surface area contributed by atoms with Gasteiger partial charge in [-0.15, -0.1) is 0 Å². The zero-order chi connectivity index (χ0) is 16.7. The van der Waals surface area contributed by atoms with Crippen molar-refractivity contribution in [3.63, 3.8) is 0 Å². The molecule has 1 aliphatic heterocycles. The monoisotopic (exact) mass is 343 g/mol. The molecule has 0 aromatic heterocycles. The van der Waals surface area contributed by atoms with E-state index in [-0.39, 0.29) is 11.9 Å². The van der Waals surface area contributed by atoms with Crippen LogP contribution in [0.15, 0.2) is 36.4 Å². The second kappa shape index (κ2) is 6.30. The Kier molecular flexibility index (Phi) is 4.15. The van der Waals surface area contributed by atoms with Gasteiger partial charge in [-0.3, -0.25) is 4.90 Å². The van der Waals surface area contributed by atoms with Crippen LogP contribution >= 0.6 is 11.6 Å². The number of aryl methyl sites for hydroxylation is 1. The van der Waals surface area contributed by atoms with Crippen molar-refractivity contribution < 1.29 is 9.84 Å². The second-order valence-electron chi connectivity index (χ2n) is 6.87. The van der Waals surface area contributed by atoms with Gasteiger partial charge in [0.2, 0.25) is 0 Å². The minimum Gasteiger partial charge on any atom is -0.504 e. The molecule has 4 heteroatoms. The maximum atomic E-state index is 10.2. The predicted octanol–water partition coefficient (Wildman–Crippen LogP) is 4.49. The van der Waals surface area contributed by atoms with E-state index < -0.39 is 0 Å². The Morgan fingerprint density at radius 2 is 1.92 bits per heavy atom. The number of ether oxygens (including phenoxy) is 1. The molecule has 24 heavy (non-hydrogen) atoms. The van der Waals surface area contributed by atoms with Crippen molar-refractivity contribution in [2.24, 2.45) is 0 Å². The lowest BCUT2D eigenvalue weighted by molar-refractivity contribution is 0.0916. The van der Waals surface area contributed by atoms with Gasteiger partial charge in [-0.1, -0.05) is 23.7 Å². The number of hydrogen-bond donors (Lipinski definition) is 1. The molecule has 1 aliphatic carbocycles. The average Bonchev–Trinajstić information content (AvgIpc) is 3.18. The second-order valence-corrected chi connectivity index (χ2v) is 7.30. The Balaban J connectivity index is 1.69. The molecule has 2 aliphatic rings. The summed E-state index contributed by atoms with van der Waals surface area (Å²) in [6.45, 7) is 4.19. The Bertz CT molecular complexity index is 755. The van der Waals surface area contributed by atoms with Gasteiger partial charge in [-0.2, -0.15) is 0 Å². The molecule has 1 heterocycles. The molecule has 1 unspecified atom stereocenters. The minimum atomic E-state index is -0.0922. The zero-order valence-electron chi connectivity index (χ0n) is 13.8.